The van der Waals surface area contributed by atoms with E-state index in [4.69, 9.17) is 20.9 Å². The van der Waals surface area contributed by atoms with E-state index in [1.165, 1.54) is 13.8 Å². The number of hydrogen-bond donors (Lipinski definition) is 0. The second-order valence-electron chi connectivity index (χ2n) is 14.0. The molecular weight excluding hydrogens is 677 g/mol. The molecule has 0 bridgehead atoms. The highest BCUT2D eigenvalue weighted by atomic mass is 16.3. The highest BCUT2D eigenvalue weighted by Gasteiger charge is 2.25. The van der Waals surface area contributed by atoms with Crippen molar-refractivity contribution < 1.29 is 35.9 Å². The van der Waals surface area contributed by atoms with Gasteiger partial charge in [-0.15, -0.1) is 0 Å². The van der Waals surface area contributed by atoms with E-state index in [2.05, 4.69) is 0 Å². The lowest BCUT2D eigenvalue weighted by Gasteiger charge is -2.24. The quantitative estimate of drug-likeness (QED) is 0.164. The third-order valence-corrected chi connectivity index (χ3v) is 10.9. The van der Waals surface area contributed by atoms with E-state index in [-0.39, 0.29) is 118 Å². The van der Waals surface area contributed by atoms with Crippen LogP contribution in [0.2, 0.25) is 0 Å². The Morgan fingerprint density at radius 1 is 0.375 bits per heavy atom. The van der Waals surface area contributed by atoms with Crippen LogP contribution in [0.1, 0.15) is 70.5 Å². The Bertz CT molecular complexity index is 4450. The molecule has 0 radical (unpaired) electrons. The van der Waals surface area contributed by atoms with Crippen LogP contribution in [0, 0.1) is 48.5 Å². The number of furan rings is 1. The van der Waals surface area contributed by atoms with Crippen molar-refractivity contribution in [2.45, 2.75) is 48.5 Å². The summed E-state index contributed by atoms with van der Waals surface area (Å²) in [4.78, 5) is 0. The van der Waals surface area contributed by atoms with Gasteiger partial charge < -0.3 is 4.42 Å². The van der Waals surface area contributed by atoms with E-state index in [1.807, 2.05) is 0 Å². The molecule has 0 saturated carbocycles. The molecule has 10 rings (SSSR count). The van der Waals surface area contributed by atoms with Crippen LogP contribution in [-0.2, 0) is 0 Å². The third-order valence-electron chi connectivity index (χ3n) is 10.9. The molecule has 1 nitrogen and oxygen atoms in total. The smallest absolute Gasteiger partial charge is 0.139 e. The lowest BCUT2D eigenvalue weighted by Crippen LogP contribution is -1.99. The molecule has 1 aromatic heterocycles. The van der Waals surface area contributed by atoms with Gasteiger partial charge in [0, 0.05) is 10.8 Å². The fourth-order valence-electron chi connectivity index (χ4n) is 7.96. The van der Waals surface area contributed by atoms with Crippen molar-refractivity contribution >= 4 is 54.3 Å². The van der Waals surface area contributed by atoms with Crippen LogP contribution >= 0.6 is 0 Å². The predicted molar refractivity (Wildman–Crippen MR) is 241 cm³/mol. The van der Waals surface area contributed by atoms with Crippen LogP contribution in [0.3, 0.4) is 0 Å². The minimum atomic E-state index is -0.887. The minimum absolute atomic E-state index is 0.0380. The summed E-state index contributed by atoms with van der Waals surface area (Å²) in [7, 11) is 0. The minimum Gasteiger partial charge on any atom is -0.456 e. The molecule has 0 aliphatic rings. The Morgan fingerprint density at radius 3 is 1.80 bits per heavy atom. The topological polar surface area (TPSA) is 13.1 Å². The van der Waals surface area contributed by atoms with Crippen molar-refractivity contribution in [3.05, 3.63) is 178 Å². The van der Waals surface area contributed by atoms with E-state index in [0.717, 1.165) is 0 Å². The maximum Gasteiger partial charge on any atom is 0.139 e. The molecule has 0 aliphatic heterocycles. The predicted octanol–water partition coefficient (Wildman–Crippen LogP) is 15.9. The number of rotatable bonds is 4. The molecule has 1 heterocycles. The molecule has 10 aromatic rings. The van der Waals surface area contributed by atoms with Crippen LogP contribution in [0.15, 0.2) is 143 Å². The molecular formula is C55H44O. The van der Waals surface area contributed by atoms with E-state index in [9.17, 15) is 15.1 Å². The average Bonchev–Trinajstić information content (AvgIpc) is 4.02. The molecule has 270 valence electrons. The second-order valence-corrected chi connectivity index (χ2v) is 14.0. The monoisotopic (exact) mass is 743 g/mol. The van der Waals surface area contributed by atoms with Gasteiger partial charge in [-0.25, -0.2) is 0 Å². The Kier molecular flexibility index (Phi) is 4.02. The van der Waals surface area contributed by atoms with Gasteiger partial charge in [-0.05, 0) is 176 Å². The van der Waals surface area contributed by atoms with Gasteiger partial charge in [0.2, 0.25) is 0 Å². The number of hydrogen-bond acceptors (Lipinski definition) is 1. The summed E-state index contributed by atoms with van der Waals surface area (Å²) >= 11 is 0. The fourth-order valence-corrected chi connectivity index (χ4v) is 7.96. The van der Waals surface area contributed by atoms with Crippen LogP contribution in [0.25, 0.3) is 98.8 Å². The lowest BCUT2D eigenvalue weighted by molar-refractivity contribution is 0.666. The maximum atomic E-state index is 10.3. The summed E-state index contributed by atoms with van der Waals surface area (Å²) in [5, 5.41) is -1.10. The van der Waals surface area contributed by atoms with Crippen LogP contribution in [-0.4, -0.2) is 0 Å². The summed E-state index contributed by atoms with van der Waals surface area (Å²) in [5.74, 6) is 0. The molecule has 0 amide bonds. The zero-order valence-corrected chi connectivity index (χ0v) is 31.4. The first kappa shape index (κ1) is 17.6. The molecule has 9 aromatic carbocycles. The van der Waals surface area contributed by atoms with Crippen LogP contribution in [0.4, 0.5) is 0 Å². The molecule has 1 heteroatoms. The van der Waals surface area contributed by atoms with Gasteiger partial charge in [-0.1, -0.05) is 127 Å². The van der Waals surface area contributed by atoms with Gasteiger partial charge in [-0.2, -0.15) is 0 Å². The molecule has 0 fully saturated rings. The first-order valence-electron chi connectivity index (χ1n) is 29.4. The van der Waals surface area contributed by atoms with Crippen LogP contribution < -0.4 is 0 Å². The van der Waals surface area contributed by atoms with Gasteiger partial charge >= 0.3 is 0 Å². The molecule has 0 saturated heterocycles. The molecule has 56 heavy (non-hydrogen) atoms. The SMILES string of the molecule is [2H]c1c([2H])c([2H])c(-c2c([2H])c([2H])c([2H])c([2H])c2-c2c3c([2H])c([2H])c([2H])c([2H])c3c(-c3c([2H])c(C)c(-c4c([2H])c(C)c(C)c5oc6c([2H])c7c(C)c([2H])c([2H])c([2H])c7c([2H])c6c45)c(C)c3C)c3c([2H])c([2H])c([2H])c(C)c23)c([2H])c1[2H]. The summed E-state index contributed by atoms with van der Waals surface area (Å²) in [6, 6.07) is -14.9. The largest absolute Gasteiger partial charge is 0.456 e. The highest BCUT2D eigenvalue weighted by Crippen LogP contribution is 2.50. The Labute approximate surface area is 361 Å². The second kappa shape index (κ2) is 12.8. The number of aryl methyl sites for hydroxylation is 3. The zero-order chi connectivity index (χ0) is 58.4. The van der Waals surface area contributed by atoms with Crippen molar-refractivity contribution in [2.24, 2.45) is 0 Å². The molecule has 0 N–H and O–H groups in total. The Balaban J connectivity index is 1.45. The Morgan fingerprint density at radius 2 is 1.02 bits per heavy atom. The molecule has 0 atom stereocenters. The van der Waals surface area contributed by atoms with Crippen molar-refractivity contribution in [2.75, 3.05) is 0 Å². The summed E-state index contributed by atoms with van der Waals surface area (Å²) in [5.41, 5.74) is -0.230. The van der Waals surface area contributed by atoms with Crippen molar-refractivity contribution in [1.82, 2.24) is 0 Å². The van der Waals surface area contributed by atoms with Gasteiger partial charge in [0.25, 0.3) is 0 Å². The average molecular weight is 744 g/mol. The van der Waals surface area contributed by atoms with E-state index < -0.39 is 142 Å². The lowest BCUT2D eigenvalue weighted by atomic mass is 9.79. The Hall–Kier alpha value is -6.44. The van der Waals surface area contributed by atoms with E-state index in [0.29, 0.717) is 16.7 Å². The van der Waals surface area contributed by atoms with Crippen molar-refractivity contribution in [3.8, 4) is 44.5 Å². The maximum absolute atomic E-state index is 10.3. The standard InChI is InChI=1S/C55H44O/c1-31-17-15-21-39-29-47-49(30-45(31)39)56-55-35(5)33(3)27-48(54(47)55)50-34(4)28-46(36(6)37(50)7)52-42-24-13-14-25-43(42)53(51-32(2)18-16-26-44(51)52)41-23-12-11-22-40(41)38-19-9-8-10-20-38/h8-30H,1-7H3/i8D,9D,10D,11D,12D,13D,14D,15D,16D,17D,18D,19D,20D,21D,22D,23D,24D,25D,26D,27D,28D,29D,30D. The summed E-state index contributed by atoms with van der Waals surface area (Å²) in [6.45, 7) is 11.2. The highest BCUT2D eigenvalue weighted by molar-refractivity contribution is 6.24. The zero-order valence-electron chi connectivity index (χ0n) is 54.4. The normalized spacial score (nSPS) is 17.6. The van der Waals surface area contributed by atoms with Crippen molar-refractivity contribution in [1.29, 1.82) is 0 Å². The number of fused-ring (bicyclic) bond motifs is 6. The molecule has 0 spiro atoms. The first-order chi connectivity index (χ1) is 36.8. The van der Waals surface area contributed by atoms with Gasteiger partial charge in [0.1, 0.15) is 11.2 Å². The summed E-state index contributed by atoms with van der Waals surface area (Å²) in [6.07, 6.45) is 0. The first-order valence-corrected chi connectivity index (χ1v) is 17.9. The van der Waals surface area contributed by atoms with Gasteiger partial charge in [-0.3, -0.25) is 0 Å². The van der Waals surface area contributed by atoms with E-state index in [1.54, 1.807) is 34.6 Å². The van der Waals surface area contributed by atoms with E-state index >= 15 is 0 Å². The molecule has 0 aliphatic carbocycles. The molecule has 0 unspecified atom stereocenters. The van der Waals surface area contributed by atoms with Gasteiger partial charge in [0.05, 0.1) is 31.5 Å². The number of benzene rings is 9. The van der Waals surface area contributed by atoms with Gasteiger partial charge in [0.15, 0.2) is 0 Å². The van der Waals surface area contributed by atoms with Crippen LogP contribution in [0.5, 0.6) is 0 Å². The van der Waals surface area contributed by atoms with Crippen molar-refractivity contribution in [3.63, 3.8) is 0 Å². The summed E-state index contributed by atoms with van der Waals surface area (Å²) < 4.78 is 218. The third kappa shape index (κ3) is 5.00. The fraction of sp³-hybridized carbons (Fsp3) is 0.127.